The van der Waals surface area contributed by atoms with Crippen LogP contribution in [0, 0.1) is 0 Å². The zero-order chi connectivity index (χ0) is 18.9. The quantitative estimate of drug-likeness (QED) is 0.629. The first-order chi connectivity index (χ1) is 12.1. The van der Waals surface area contributed by atoms with Crippen LogP contribution in [0.4, 0.5) is 0 Å². The van der Waals surface area contributed by atoms with Crippen molar-refractivity contribution in [1.29, 1.82) is 0 Å². The predicted molar refractivity (Wildman–Crippen MR) is 96.7 cm³/mol. The Morgan fingerprint density at radius 3 is 2.35 bits per heavy atom. The Morgan fingerprint density at radius 2 is 1.69 bits per heavy atom. The molecule has 0 N–H and O–H groups in total. The van der Waals surface area contributed by atoms with Crippen molar-refractivity contribution < 1.29 is 30.5 Å². The summed E-state index contributed by atoms with van der Waals surface area (Å²) < 4.78 is 64.6. The van der Waals surface area contributed by atoms with E-state index in [-0.39, 0.29) is 28.8 Å². The number of fused-ring (bicyclic) bond motifs is 1. The van der Waals surface area contributed by atoms with Crippen LogP contribution in [-0.2, 0) is 24.1 Å². The standard InChI is InChI=1S/C16H15BrO7S2/c1-25(18,19)14-6-7-15-16(8-14)24-12(9-22-15)10-23-26(20,21)13-4-2-11(17)3-5-13/h2-8,12H,9-10H2,1H3/t12-/m1/s1. The number of hydrogen-bond acceptors (Lipinski definition) is 7. The van der Waals surface area contributed by atoms with Gasteiger partial charge in [-0.15, -0.1) is 0 Å². The molecule has 26 heavy (non-hydrogen) atoms. The molecule has 1 atom stereocenters. The number of ether oxygens (including phenoxy) is 2. The van der Waals surface area contributed by atoms with Crippen molar-refractivity contribution in [2.45, 2.75) is 15.9 Å². The van der Waals surface area contributed by atoms with Crippen molar-refractivity contribution in [3.8, 4) is 11.5 Å². The molecule has 0 aliphatic carbocycles. The zero-order valence-corrected chi connectivity index (χ0v) is 16.8. The maximum Gasteiger partial charge on any atom is 0.297 e. The van der Waals surface area contributed by atoms with Crippen LogP contribution in [0.1, 0.15) is 0 Å². The summed E-state index contributed by atoms with van der Waals surface area (Å²) in [5, 5.41) is 0. The summed E-state index contributed by atoms with van der Waals surface area (Å²) >= 11 is 3.23. The largest absolute Gasteiger partial charge is 0.486 e. The summed E-state index contributed by atoms with van der Waals surface area (Å²) in [6.07, 6.45) is 0.395. The van der Waals surface area contributed by atoms with Crippen molar-refractivity contribution in [1.82, 2.24) is 0 Å². The molecule has 0 saturated heterocycles. The van der Waals surface area contributed by atoms with Crippen molar-refractivity contribution in [2.75, 3.05) is 19.5 Å². The lowest BCUT2D eigenvalue weighted by Crippen LogP contribution is -2.34. The summed E-state index contributed by atoms with van der Waals surface area (Å²) in [7, 11) is -7.33. The minimum atomic E-state index is -3.94. The molecule has 0 unspecified atom stereocenters. The highest BCUT2D eigenvalue weighted by atomic mass is 79.9. The van der Waals surface area contributed by atoms with E-state index in [1.165, 1.54) is 30.3 Å². The smallest absolute Gasteiger partial charge is 0.297 e. The highest BCUT2D eigenvalue weighted by Crippen LogP contribution is 2.34. The summed E-state index contributed by atoms with van der Waals surface area (Å²) in [6, 6.07) is 10.3. The summed E-state index contributed by atoms with van der Waals surface area (Å²) in [5.74, 6) is 0.623. The number of rotatable bonds is 5. The number of benzene rings is 2. The van der Waals surface area contributed by atoms with Gasteiger partial charge in [0.2, 0.25) is 0 Å². The fourth-order valence-corrected chi connectivity index (χ4v) is 4.08. The Balaban J connectivity index is 1.70. The topological polar surface area (TPSA) is 96.0 Å². The van der Waals surface area contributed by atoms with E-state index in [1.807, 2.05) is 0 Å². The van der Waals surface area contributed by atoms with Gasteiger partial charge >= 0.3 is 0 Å². The van der Waals surface area contributed by atoms with Crippen molar-refractivity contribution in [3.05, 3.63) is 46.9 Å². The first-order valence-corrected chi connectivity index (χ1v) is 11.5. The normalized spacial score (nSPS) is 17.1. The lowest BCUT2D eigenvalue weighted by atomic mass is 10.2. The highest BCUT2D eigenvalue weighted by molar-refractivity contribution is 9.10. The molecule has 10 heteroatoms. The average molecular weight is 463 g/mol. The molecule has 0 saturated carbocycles. The van der Waals surface area contributed by atoms with Gasteiger partial charge in [0.15, 0.2) is 27.4 Å². The van der Waals surface area contributed by atoms with Gasteiger partial charge < -0.3 is 9.47 Å². The first kappa shape index (κ1) is 19.2. The van der Waals surface area contributed by atoms with Crippen LogP contribution >= 0.6 is 15.9 Å². The van der Waals surface area contributed by atoms with Crippen LogP contribution in [-0.4, -0.2) is 42.4 Å². The summed E-state index contributed by atoms with van der Waals surface area (Å²) in [4.78, 5) is 0.112. The Hall–Kier alpha value is -1.62. The minimum absolute atomic E-state index is 0.0252. The lowest BCUT2D eigenvalue weighted by molar-refractivity contribution is 0.0552. The maximum absolute atomic E-state index is 12.2. The molecule has 0 spiro atoms. The van der Waals surface area contributed by atoms with Crippen LogP contribution in [0.15, 0.2) is 56.7 Å². The van der Waals surface area contributed by atoms with E-state index < -0.39 is 26.1 Å². The number of sulfone groups is 1. The molecule has 0 fully saturated rings. The first-order valence-electron chi connectivity index (χ1n) is 7.44. The van der Waals surface area contributed by atoms with E-state index >= 15 is 0 Å². The molecule has 0 bridgehead atoms. The predicted octanol–water partition coefficient (Wildman–Crippen LogP) is 2.40. The van der Waals surface area contributed by atoms with E-state index in [0.29, 0.717) is 5.75 Å². The molecule has 2 aromatic carbocycles. The Labute approximate surface area is 160 Å². The molecule has 1 aliphatic rings. The van der Waals surface area contributed by atoms with Gasteiger partial charge in [-0.3, -0.25) is 4.18 Å². The van der Waals surface area contributed by atoms with Crippen LogP contribution in [0.3, 0.4) is 0 Å². The second-order valence-electron chi connectivity index (χ2n) is 5.62. The molecule has 0 radical (unpaired) electrons. The SMILES string of the molecule is CS(=O)(=O)c1ccc2c(c1)O[C@@H](COS(=O)(=O)c1ccc(Br)cc1)CO2. The molecular weight excluding hydrogens is 448 g/mol. The average Bonchev–Trinajstić information content (AvgIpc) is 2.59. The third kappa shape index (κ3) is 4.37. The Morgan fingerprint density at radius 1 is 1.04 bits per heavy atom. The number of hydrogen-bond donors (Lipinski definition) is 0. The molecular formula is C16H15BrO7S2. The number of halogens is 1. The minimum Gasteiger partial charge on any atom is -0.486 e. The van der Waals surface area contributed by atoms with E-state index in [2.05, 4.69) is 15.9 Å². The van der Waals surface area contributed by atoms with Gasteiger partial charge in [0.25, 0.3) is 10.1 Å². The molecule has 1 aliphatic heterocycles. The highest BCUT2D eigenvalue weighted by Gasteiger charge is 2.26. The lowest BCUT2D eigenvalue weighted by Gasteiger charge is -2.26. The van der Waals surface area contributed by atoms with E-state index in [9.17, 15) is 16.8 Å². The van der Waals surface area contributed by atoms with E-state index in [1.54, 1.807) is 12.1 Å². The molecule has 0 amide bonds. The van der Waals surface area contributed by atoms with Gasteiger partial charge in [-0.1, -0.05) is 15.9 Å². The summed E-state index contributed by atoms with van der Waals surface area (Å²) in [5.41, 5.74) is 0. The van der Waals surface area contributed by atoms with Gasteiger partial charge in [0.1, 0.15) is 13.2 Å². The maximum atomic E-state index is 12.2. The second-order valence-corrected chi connectivity index (χ2v) is 10.2. The van der Waals surface area contributed by atoms with E-state index in [0.717, 1.165) is 10.7 Å². The van der Waals surface area contributed by atoms with Crippen LogP contribution < -0.4 is 9.47 Å². The molecule has 7 nitrogen and oxygen atoms in total. The third-order valence-corrected chi connectivity index (χ3v) is 6.51. The van der Waals surface area contributed by atoms with Crippen molar-refractivity contribution >= 4 is 35.9 Å². The Kier molecular flexibility index (Phi) is 5.29. The molecule has 0 aromatic heterocycles. The fraction of sp³-hybridized carbons (Fsp3) is 0.250. The van der Waals surface area contributed by atoms with Gasteiger partial charge in [0.05, 0.1) is 9.79 Å². The molecule has 3 rings (SSSR count). The third-order valence-electron chi connectivity index (χ3n) is 3.57. The van der Waals surface area contributed by atoms with Crippen LogP contribution in [0.2, 0.25) is 0 Å². The van der Waals surface area contributed by atoms with Gasteiger partial charge in [-0.25, -0.2) is 8.42 Å². The van der Waals surface area contributed by atoms with Gasteiger partial charge in [-0.05, 0) is 36.4 Å². The molecule has 1 heterocycles. The van der Waals surface area contributed by atoms with Crippen LogP contribution in [0.25, 0.3) is 0 Å². The fourth-order valence-electron chi connectivity index (χ4n) is 2.24. The van der Waals surface area contributed by atoms with Crippen molar-refractivity contribution in [3.63, 3.8) is 0 Å². The summed E-state index contributed by atoms with van der Waals surface area (Å²) in [6.45, 7) is -0.179. The molecule has 140 valence electrons. The second kappa shape index (κ2) is 7.18. The van der Waals surface area contributed by atoms with Gasteiger partial charge in [0, 0.05) is 16.8 Å². The zero-order valence-electron chi connectivity index (χ0n) is 13.6. The van der Waals surface area contributed by atoms with Crippen molar-refractivity contribution in [2.24, 2.45) is 0 Å². The Bertz CT molecular complexity index is 1020. The van der Waals surface area contributed by atoms with E-state index in [4.69, 9.17) is 13.7 Å². The van der Waals surface area contributed by atoms with Gasteiger partial charge in [-0.2, -0.15) is 8.42 Å². The monoisotopic (exact) mass is 462 g/mol. The van der Waals surface area contributed by atoms with Crippen LogP contribution in [0.5, 0.6) is 11.5 Å². The molecule has 2 aromatic rings.